The molecule has 0 fully saturated rings. The van der Waals surface area contributed by atoms with Crippen molar-refractivity contribution in [2.24, 2.45) is 0 Å². The molecule has 0 saturated heterocycles. The Hall–Kier alpha value is -1.58. The molecule has 3 nitrogen and oxygen atoms in total. The first-order valence-electron chi connectivity index (χ1n) is 6.74. The van der Waals surface area contributed by atoms with Crippen molar-refractivity contribution in [3.63, 3.8) is 0 Å². The fraction of sp³-hybridized carbons (Fsp3) is 0.375. The van der Waals surface area contributed by atoms with Gasteiger partial charge in [0.05, 0.1) is 12.3 Å². The van der Waals surface area contributed by atoms with Crippen molar-refractivity contribution >= 4 is 0 Å². The van der Waals surface area contributed by atoms with Crippen LogP contribution in [0.5, 0.6) is 0 Å². The van der Waals surface area contributed by atoms with Gasteiger partial charge in [-0.15, -0.1) is 0 Å². The largest absolute Gasteiger partial charge is 0.468 e. The summed E-state index contributed by atoms with van der Waals surface area (Å²) < 4.78 is 5.38. The number of aliphatic hydroxyl groups excluding tert-OH is 1. The Labute approximate surface area is 114 Å². The average Bonchev–Trinajstić information content (AvgIpc) is 2.98. The minimum atomic E-state index is 0.180. The van der Waals surface area contributed by atoms with Gasteiger partial charge in [-0.05, 0) is 37.0 Å². The quantitative estimate of drug-likeness (QED) is 0.803. The Balaban J connectivity index is 1.94. The van der Waals surface area contributed by atoms with Crippen molar-refractivity contribution in [1.82, 2.24) is 5.32 Å². The molecule has 0 radical (unpaired) electrons. The molecule has 1 heterocycles. The van der Waals surface area contributed by atoms with Gasteiger partial charge < -0.3 is 14.8 Å². The molecule has 0 bridgehead atoms. The standard InChI is InChI=1S/C16H21NO2/c1-13(16-8-5-11-19-16)17-12-15(9-10-18)14-6-3-2-4-7-14/h2-8,11,13,15,17-18H,9-10,12H2,1H3/t13-,15+/m1/s1. The van der Waals surface area contributed by atoms with Crippen LogP contribution in [0, 0.1) is 0 Å². The summed E-state index contributed by atoms with van der Waals surface area (Å²) in [4.78, 5) is 0. The first-order valence-corrected chi connectivity index (χ1v) is 6.74. The first-order chi connectivity index (χ1) is 9.31. The van der Waals surface area contributed by atoms with Gasteiger partial charge in [0.2, 0.25) is 0 Å². The van der Waals surface area contributed by atoms with Gasteiger partial charge in [-0.25, -0.2) is 0 Å². The zero-order chi connectivity index (χ0) is 13.5. The Bertz CT molecular complexity index is 453. The van der Waals surface area contributed by atoms with E-state index in [0.29, 0.717) is 5.92 Å². The summed E-state index contributed by atoms with van der Waals surface area (Å²) in [5.41, 5.74) is 1.26. The third kappa shape index (κ3) is 3.94. The SMILES string of the molecule is C[C@@H](NC[C@H](CCO)c1ccccc1)c1ccco1. The van der Waals surface area contributed by atoms with Gasteiger partial charge in [0.1, 0.15) is 5.76 Å². The zero-order valence-electron chi connectivity index (χ0n) is 11.3. The van der Waals surface area contributed by atoms with Crippen LogP contribution in [0.2, 0.25) is 0 Å². The van der Waals surface area contributed by atoms with Gasteiger partial charge in [0.15, 0.2) is 0 Å². The van der Waals surface area contributed by atoms with Crippen molar-refractivity contribution in [3.05, 3.63) is 60.1 Å². The number of rotatable bonds is 7. The summed E-state index contributed by atoms with van der Waals surface area (Å²) in [5.74, 6) is 1.26. The molecule has 1 aromatic heterocycles. The lowest BCUT2D eigenvalue weighted by Crippen LogP contribution is -2.25. The van der Waals surface area contributed by atoms with Crippen LogP contribution in [-0.2, 0) is 0 Å². The van der Waals surface area contributed by atoms with E-state index >= 15 is 0 Å². The summed E-state index contributed by atoms with van der Waals surface area (Å²) in [7, 11) is 0. The molecule has 2 atom stereocenters. The first kappa shape index (κ1) is 13.8. The topological polar surface area (TPSA) is 45.4 Å². The van der Waals surface area contributed by atoms with E-state index in [4.69, 9.17) is 4.42 Å². The second-order valence-electron chi connectivity index (χ2n) is 4.77. The van der Waals surface area contributed by atoms with Crippen LogP contribution in [0.25, 0.3) is 0 Å². The average molecular weight is 259 g/mol. The van der Waals surface area contributed by atoms with Gasteiger partial charge >= 0.3 is 0 Å². The highest BCUT2D eigenvalue weighted by atomic mass is 16.3. The fourth-order valence-corrected chi connectivity index (χ4v) is 2.22. The van der Waals surface area contributed by atoms with Crippen LogP contribution >= 0.6 is 0 Å². The smallest absolute Gasteiger partial charge is 0.120 e. The van der Waals surface area contributed by atoms with E-state index in [2.05, 4.69) is 24.4 Å². The molecule has 0 spiro atoms. The van der Waals surface area contributed by atoms with Crippen molar-refractivity contribution in [2.45, 2.75) is 25.3 Å². The van der Waals surface area contributed by atoms with Crippen LogP contribution in [0.1, 0.15) is 36.6 Å². The van der Waals surface area contributed by atoms with Crippen LogP contribution in [0.15, 0.2) is 53.1 Å². The van der Waals surface area contributed by atoms with E-state index in [1.807, 2.05) is 30.3 Å². The Morgan fingerprint density at radius 1 is 1.16 bits per heavy atom. The highest BCUT2D eigenvalue weighted by Crippen LogP contribution is 2.20. The molecule has 0 saturated carbocycles. The predicted molar refractivity (Wildman–Crippen MR) is 76.0 cm³/mol. The summed E-state index contributed by atoms with van der Waals surface area (Å²) in [6.45, 7) is 3.11. The van der Waals surface area contributed by atoms with Crippen LogP contribution in [-0.4, -0.2) is 18.3 Å². The van der Waals surface area contributed by atoms with Gasteiger partial charge in [0, 0.05) is 13.2 Å². The molecule has 0 amide bonds. The van der Waals surface area contributed by atoms with Gasteiger partial charge in [0.25, 0.3) is 0 Å². The minimum Gasteiger partial charge on any atom is -0.468 e. The Kier molecular flexibility index (Phi) is 5.19. The normalized spacial score (nSPS) is 14.2. The number of hydrogen-bond donors (Lipinski definition) is 2. The van der Waals surface area contributed by atoms with Crippen molar-refractivity contribution in [3.8, 4) is 0 Å². The highest BCUT2D eigenvalue weighted by Gasteiger charge is 2.14. The van der Waals surface area contributed by atoms with E-state index in [9.17, 15) is 5.11 Å². The Morgan fingerprint density at radius 2 is 1.95 bits per heavy atom. The lowest BCUT2D eigenvalue weighted by Gasteiger charge is -2.19. The molecule has 0 aliphatic heterocycles. The number of nitrogens with one attached hydrogen (secondary N) is 1. The molecule has 102 valence electrons. The number of hydrogen-bond acceptors (Lipinski definition) is 3. The maximum absolute atomic E-state index is 9.20. The molecule has 2 N–H and O–H groups in total. The third-order valence-corrected chi connectivity index (χ3v) is 3.39. The molecule has 1 aromatic carbocycles. The summed E-state index contributed by atoms with van der Waals surface area (Å²) in [6.07, 6.45) is 2.46. The van der Waals surface area contributed by atoms with E-state index in [-0.39, 0.29) is 12.6 Å². The molecule has 0 unspecified atom stereocenters. The van der Waals surface area contributed by atoms with Gasteiger partial charge in [-0.3, -0.25) is 0 Å². The number of aliphatic hydroxyl groups is 1. The third-order valence-electron chi connectivity index (χ3n) is 3.39. The Morgan fingerprint density at radius 3 is 2.58 bits per heavy atom. The second-order valence-corrected chi connectivity index (χ2v) is 4.77. The van der Waals surface area contributed by atoms with Crippen LogP contribution < -0.4 is 5.32 Å². The summed E-state index contributed by atoms with van der Waals surface area (Å²) in [5, 5.41) is 12.7. The monoisotopic (exact) mass is 259 g/mol. The lowest BCUT2D eigenvalue weighted by atomic mass is 9.95. The van der Waals surface area contributed by atoms with E-state index in [1.165, 1.54) is 5.56 Å². The van der Waals surface area contributed by atoms with Gasteiger partial charge in [-0.1, -0.05) is 30.3 Å². The van der Waals surface area contributed by atoms with Gasteiger partial charge in [-0.2, -0.15) is 0 Å². The molecule has 0 aliphatic rings. The van der Waals surface area contributed by atoms with E-state index in [1.54, 1.807) is 6.26 Å². The van der Waals surface area contributed by atoms with Crippen molar-refractivity contribution < 1.29 is 9.52 Å². The van der Waals surface area contributed by atoms with E-state index < -0.39 is 0 Å². The van der Waals surface area contributed by atoms with Crippen molar-refractivity contribution in [1.29, 1.82) is 0 Å². The predicted octanol–water partition coefficient (Wildman–Crippen LogP) is 3.10. The van der Waals surface area contributed by atoms with Crippen LogP contribution in [0.3, 0.4) is 0 Å². The highest BCUT2D eigenvalue weighted by molar-refractivity contribution is 5.20. The summed E-state index contributed by atoms with van der Waals surface area (Å²) in [6, 6.07) is 14.4. The zero-order valence-corrected chi connectivity index (χ0v) is 11.3. The molecule has 2 rings (SSSR count). The summed E-state index contributed by atoms with van der Waals surface area (Å²) >= 11 is 0. The second kappa shape index (κ2) is 7.12. The lowest BCUT2D eigenvalue weighted by molar-refractivity contribution is 0.271. The molecule has 19 heavy (non-hydrogen) atoms. The molecule has 2 aromatic rings. The molecule has 0 aliphatic carbocycles. The van der Waals surface area contributed by atoms with Crippen LogP contribution in [0.4, 0.5) is 0 Å². The number of benzene rings is 1. The fourth-order valence-electron chi connectivity index (χ4n) is 2.22. The molecular weight excluding hydrogens is 238 g/mol. The van der Waals surface area contributed by atoms with Crippen molar-refractivity contribution in [2.75, 3.05) is 13.2 Å². The number of furan rings is 1. The maximum Gasteiger partial charge on any atom is 0.120 e. The minimum absolute atomic E-state index is 0.180. The maximum atomic E-state index is 9.20. The molecule has 3 heteroatoms. The van der Waals surface area contributed by atoms with E-state index in [0.717, 1.165) is 18.7 Å². The molecular formula is C16H21NO2.